The molecule has 9 heteroatoms. The minimum atomic E-state index is -0.755. The van der Waals surface area contributed by atoms with Crippen LogP contribution in [0.5, 0.6) is 0 Å². The highest BCUT2D eigenvalue weighted by Crippen LogP contribution is 2.38. The Morgan fingerprint density at radius 1 is 1.29 bits per heavy atom. The summed E-state index contributed by atoms with van der Waals surface area (Å²) in [5.74, 6) is 0.885. The van der Waals surface area contributed by atoms with E-state index in [4.69, 9.17) is 4.42 Å². The van der Waals surface area contributed by atoms with E-state index in [2.05, 4.69) is 38.4 Å². The zero-order valence-electron chi connectivity index (χ0n) is 18.1. The molecule has 1 aromatic carbocycles. The van der Waals surface area contributed by atoms with E-state index in [1.165, 1.54) is 4.90 Å². The summed E-state index contributed by atoms with van der Waals surface area (Å²) in [6.07, 6.45) is 3.71. The fourth-order valence-electron chi connectivity index (χ4n) is 4.44. The first-order chi connectivity index (χ1) is 14.8. The van der Waals surface area contributed by atoms with Gasteiger partial charge in [-0.15, -0.1) is 10.2 Å². The normalized spacial score (nSPS) is 23.9. The molecule has 2 aliphatic rings. The van der Waals surface area contributed by atoms with Crippen LogP contribution in [0.1, 0.15) is 52.3 Å². The molecular weight excluding hydrogens is 462 g/mol. The molecule has 1 saturated carbocycles. The fourth-order valence-corrected chi connectivity index (χ4v) is 4.89. The summed E-state index contributed by atoms with van der Waals surface area (Å²) < 4.78 is 6.75. The molecular formula is C22H28BrN5O3. The maximum atomic E-state index is 13.3. The van der Waals surface area contributed by atoms with Crippen molar-refractivity contribution in [2.75, 3.05) is 6.67 Å². The first kappa shape index (κ1) is 22.0. The molecule has 0 radical (unpaired) electrons. The Hall–Kier alpha value is -2.26. The van der Waals surface area contributed by atoms with E-state index in [1.807, 2.05) is 43.0 Å². The van der Waals surface area contributed by atoms with E-state index < -0.39 is 5.54 Å². The molecule has 3 amide bonds. The van der Waals surface area contributed by atoms with Gasteiger partial charge in [-0.2, -0.15) is 0 Å². The smallest absolute Gasteiger partial charge is 0.326 e. The van der Waals surface area contributed by atoms with Crippen LogP contribution in [0.2, 0.25) is 0 Å². The van der Waals surface area contributed by atoms with Gasteiger partial charge in [0.25, 0.3) is 5.91 Å². The SMILES string of the molecule is CC(C)N(Cc1nnc(-c2ccccc2Br)o1)CN1C(=O)N[C@]2(CCCC[C@H]2C)C1=O. The molecule has 1 aliphatic heterocycles. The molecule has 1 N–H and O–H groups in total. The van der Waals surface area contributed by atoms with Crippen LogP contribution < -0.4 is 5.32 Å². The third-order valence-electron chi connectivity index (χ3n) is 6.46. The molecule has 2 heterocycles. The monoisotopic (exact) mass is 489 g/mol. The first-order valence-corrected chi connectivity index (χ1v) is 11.6. The standard InChI is InChI=1S/C22H28BrN5O3/c1-14(2)27(12-18-25-26-19(31-18)16-9-4-5-10-17(16)23)13-28-20(29)22(24-21(28)30)11-7-6-8-15(22)3/h4-5,9-10,14-15H,6-8,11-13H2,1-3H3,(H,24,30)/t15-,22+/m1/s1. The number of rotatable bonds is 6. The van der Waals surface area contributed by atoms with E-state index in [0.717, 1.165) is 29.3 Å². The molecule has 166 valence electrons. The van der Waals surface area contributed by atoms with Crippen molar-refractivity contribution in [1.29, 1.82) is 0 Å². The van der Waals surface area contributed by atoms with Crippen LogP contribution in [0.4, 0.5) is 4.79 Å². The third-order valence-corrected chi connectivity index (χ3v) is 7.16. The van der Waals surface area contributed by atoms with Gasteiger partial charge < -0.3 is 9.73 Å². The molecule has 2 fully saturated rings. The van der Waals surface area contributed by atoms with E-state index in [-0.39, 0.29) is 30.6 Å². The first-order valence-electron chi connectivity index (χ1n) is 10.8. The van der Waals surface area contributed by atoms with E-state index in [1.54, 1.807) is 0 Å². The Balaban J connectivity index is 1.50. The van der Waals surface area contributed by atoms with Gasteiger partial charge in [0.15, 0.2) is 0 Å². The second-order valence-electron chi connectivity index (χ2n) is 8.74. The minimum Gasteiger partial charge on any atom is -0.419 e. The quantitative estimate of drug-likeness (QED) is 0.612. The van der Waals surface area contributed by atoms with Crippen molar-refractivity contribution >= 4 is 27.9 Å². The van der Waals surface area contributed by atoms with Crippen molar-refractivity contribution in [2.45, 2.75) is 64.6 Å². The summed E-state index contributed by atoms with van der Waals surface area (Å²) in [7, 11) is 0. The van der Waals surface area contributed by atoms with E-state index in [9.17, 15) is 9.59 Å². The summed E-state index contributed by atoms with van der Waals surface area (Å²) >= 11 is 3.50. The highest BCUT2D eigenvalue weighted by Gasteiger charge is 2.55. The number of nitrogens with one attached hydrogen (secondary N) is 1. The average molecular weight is 490 g/mol. The minimum absolute atomic E-state index is 0.0692. The Morgan fingerprint density at radius 3 is 2.77 bits per heavy atom. The number of urea groups is 1. The van der Waals surface area contributed by atoms with Gasteiger partial charge in [-0.25, -0.2) is 9.69 Å². The molecule has 0 unspecified atom stereocenters. The van der Waals surface area contributed by atoms with Crippen molar-refractivity contribution in [2.24, 2.45) is 5.92 Å². The van der Waals surface area contributed by atoms with Gasteiger partial charge in [-0.1, -0.05) is 31.9 Å². The molecule has 1 aliphatic carbocycles. The van der Waals surface area contributed by atoms with Crippen molar-refractivity contribution in [3.63, 3.8) is 0 Å². The molecule has 1 saturated heterocycles. The van der Waals surface area contributed by atoms with Gasteiger partial charge in [0.05, 0.1) is 18.8 Å². The molecule has 31 heavy (non-hydrogen) atoms. The van der Waals surface area contributed by atoms with Crippen LogP contribution >= 0.6 is 15.9 Å². The number of nitrogens with zero attached hydrogens (tertiary/aromatic N) is 4. The molecule has 0 bridgehead atoms. The van der Waals surface area contributed by atoms with E-state index >= 15 is 0 Å². The highest BCUT2D eigenvalue weighted by atomic mass is 79.9. The number of carbonyl (C=O) groups excluding carboxylic acids is 2. The molecule has 1 spiro atoms. The topological polar surface area (TPSA) is 91.6 Å². The van der Waals surface area contributed by atoms with Crippen molar-refractivity contribution < 1.29 is 14.0 Å². The second kappa shape index (κ2) is 8.70. The number of imide groups is 1. The summed E-state index contributed by atoms with van der Waals surface area (Å²) in [4.78, 5) is 29.4. The number of benzene rings is 1. The van der Waals surface area contributed by atoms with Crippen LogP contribution in [-0.4, -0.2) is 50.2 Å². The lowest BCUT2D eigenvalue weighted by molar-refractivity contribution is -0.136. The maximum absolute atomic E-state index is 13.3. The largest absolute Gasteiger partial charge is 0.419 e. The highest BCUT2D eigenvalue weighted by molar-refractivity contribution is 9.10. The maximum Gasteiger partial charge on any atom is 0.326 e. The van der Waals surface area contributed by atoms with Gasteiger partial charge in [0.2, 0.25) is 11.8 Å². The van der Waals surface area contributed by atoms with Gasteiger partial charge >= 0.3 is 6.03 Å². The van der Waals surface area contributed by atoms with Gasteiger partial charge in [-0.05, 0) is 60.7 Å². The zero-order valence-corrected chi connectivity index (χ0v) is 19.7. The van der Waals surface area contributed by atoms with Crippen molar-refractivity contribution in [3.8, 4) is 11.5 Å². The Bertz CT molecular complexity index is 978. The number of hydrogen-bond donors (Lipinski definition) is 1. The molecule has 2 aromatic rings. The number of carbonyl (C=O) groups is 2. The van der Waals surface area contributed by atoms with Crippen LogP contribution in [0.3, 0.4) is 0 Å². The lowest BCUT2D eigenvalue weighted by Gasteiger charge is -2.37. The second-order valence-corrected chi connectivity index (χ2v) is 9.60. The lowest BCUT2D eigenvalue weighted by atomic mass is 9.73. The van der Waals surface area contributed by atoms with E-state index in [0.29, 0.717) is 24.7 Å². The number of hydrogen-bond acceptors (Lipinski definition) is 6. The van der Waals surface area contributed by atoms with Gasteiger partial charge in [0.1, 0.15) is 5.54 Å². The van der Waals surface area contributed by atoms with Crippen LogP contribution in [0, 0.1) is 5.92 Å². The Kier molecular flexibility index (Phi) is 6.16. The van der Waals surface area contributed by atoms with Crippen LogP contribution in [0.25, 0.3) is 11.5 Å². The van der Waals surface area contributed by atoms with Gasteiger partial charge in [0, 0.05) is 10.5 Å². The zero-order chi connectivity index (χ0) is 22.2. The Morgan fingerprint density at radius 2 is 2.06 bits per heavy atom. The van der Waals surface area contributed by atoms with Crippen molar-refractivity contribution in [3.05, 3.63) is 34.6 Å². The Labute approximate surface area is 190 Å². The van der Waals surface area contributed by atoms with Crippen LogP contribution in [-0.2, 0) is 11.3 Å². The number of amides is 3. The average Bonchev–Trinajstić information content (AvgIpc) is 3.29. The summed E-state index contributed by atoms with van der Waals surface area (Å²) in [5.41, 5.74) is 0.0644. The predicted molar refractivity (Wildman–Crippen MR) is 119 cm³/mol. The number of halogens is 1. The summed E-state index contributed by atoms with van der Waals surface area (Å²) in [6, 6.07) is 7.40. The molecule has 8 nitrogen and oxygen atoms in total. The molecule has 1 aromatic heterocycles. The van der Waals surface area contributed by atoms with Crippen LogP contribution in [0.15, 0.2) is 33.2 Å². The predicted octanol–water partition coefficient (Wildman–Crippen LogP) is 4.17. The molecule has 4 rings (SSSR count). The lowest BCUT2D eigenvalue weighted by Crippen LogP contribution is -2.54. The molecule has 2 atom stereocenters. The summed E-state index contributed by atoms with van der Waals surface area (Å²) in [5, 5.41) is 11.4. The van der Waals surface area contributed by atoms with Gasteiger partial charge in [-0.3, -0.25) is 9.69 Å². The summed E-state index contributed by atoms with van der Waals surface area (Å²) in [6.45, 7) is 6.62. The number of aromatic nitrogens is 2. The third kappa shape index (κ3) is 4.13. The fraction of sp³-hybridized carbons (Fsp3) is 0.545. The van der Waals surface area contributed by atoms with Crippen molar-refractivity contribution in [1.82, 2.24) is 25.3 Å².